The smallest absolute Gasteiger partial charge is 0.241 e. The molecular weight excluding hydrogens is 328 g/mol. The molecule has 2 atom stereocenters. The molecule has 3 rings (SSSR count). The van der Waals surface area contributed by atoms with Crippen LogP contribution in [0, 0.1) is 5.92 Å². The molecular formula is C17H24N2O4S. The van der Waals surface area contributed by atoms with Crippen LogP contribution < -0.4 is 9.64 Å². The number of anilines is 1. The molecule has 132 valence electrons. The monoisotopic (exact) mass is 352 g/mol. The van der Waals surface area contributed by atoms with E-state index >= 15 is 0 Å². The van der Waals surface area contributed by atoms with Crippen LogP contribution in [0.5, 0.6) is 5.75 Å². The van der Waals surface area contributed by atoms with E-state index in [1.54, 1.807) is 18.1 Å². The highest BCUT2D eigenvalue weighted by molar-refractivity contribution is 7.91. The summed E-state index contributed by atoms with van der Waals surface area (Å²) in [5.41, 5.74) is 0.704. The van der Waals surface area contributed by atoms with Crippen LogP contribution >= 0.6 is 0 Å². The Morgan fingerprint density at radius 1 is 1.25 bits per heavy atom. The summed E-state index contributed by atoms with van der Waals surface area (Å²) in [4.78, 5) is 16.5. The third-order valence-electron chi connectivity index (χ3n) is 4.63. The van der Waals surface area contributed by atoms with Crippen molar-refractivity contribution < 1.29 is 17.9 Å². The van der Waals surface area contributed by atoms with Gasteiger partial charge >= 0.3 is 0 Å². The minimum Gasteiger partial charge on any atom is -0.497 e. The van der Waals surface area contributed by atoms with Crippen LogP contribution in [0.2, 0.25) is 0 Å². The Hall–Kier alpha value is -1.60. The third kappa shape index (κ3) is 3.28. The van der Waals surface area contributed by atoms with Crippen LogP contribution in [0.15, 0.2) is 24.3 Å². The number of carbonyl (C=O) groups excluding carboxylic acids is 1. The predicted molar refractivity (Wildman–Crippen MR) is 93.1 cm³/mol. The van der Waals surface area contributed by atoms with E-state index in [4.69, 9.17) is 4.74 Å². The highest BCUT2D eigenvalue weighted by atomic mass is 32.2. The zero-order chi connectivity index (χ0) is 17.5. The second kappa shape index (κ2) is 6.37. The largest absolute Gasteiger partial charge is 0.497 e. The summed E-state index contributed by atoms with van der Waals surface area (Å²) in [5.74, 6) is 1.13. The molecule has 24 heavy (non-hydrogen) atoms. The molecule has 2 fully saturated rings. The van der Waals surface area contributed by atoms with Gasteiger partial charge in [-0.15, -0.1) is 0 Å². The van der Waals surface area contributed by atoms with Crippen LogP contribution in [0.1, 0.15) is 13.8 Å². The quantitative estimate of drug-likeness (QED) is 0.814. The summed E-state index contributed by atoms with van der Waals surface area (Å²) in [6.45, 7) is 5.15. The first-order chi connectivity index (χ1) is 11.3. The molecule has 2 aliphatic heterocycles. The van der Waals surface area contributed by atoms with Crippen LogP contribution in [0.4, 0.5) is 5.69 Å². The van der Waals surface area contributed by atoms with Crippen LogP contribution in [0.3, 0.4) is 0 Å². The molecule has 0 spiro atoms. The highest BCUT2D eigenvalue weighted by Crippen LogP contribution is 2.33. The number of carbonyl (C=O) groups is 1. The van der Waals surface area contributed by atoms with Gasteiger partial charge < -0.3 is 9.64 Å². The normalized spacial score (nSPS) is 26.7. The number of nitrogens with zero attached hydrogens (tertiary/aromatic N) is 2. The minimum atomic E-state index is -3.14. The van der Waals surface area contributed by atoms with Crippen molar-refractivity contribution in [3.8, 4) is 5.75 Å². The lowest BCUT2D eigenvalue weighted by Gasteiger charge is -2.44. The molecule has 0 N–H and O–H groups in total. The van der Waals surface area contributed by atoms with Crippen molar-refractivity contribution in [2.24, 2.45) is 5.92 Å². The molecule has 1 aromatic rings. The SMILES string of the molecule is COc1cccc(N2C(=O)CN(CC(C)C)C3CS(=O)(=O)CC32)c1. The van der Waals surface area contributed by atoms with Gasteiger partial charge in [0.15, 0.2) is 9.84 Å². The van der Waals surface area contributed by atoms with Gasteiger partial charge in [-0.2, -0.15) is 0 Å². The average Bonchev–Trinajstić information content (AvgIpc) is 2.82. The van der Waals surface area contributed by atoms with E-state index in [2.05, 4.69) is 13.8 Å². The van der Waals surface area contributed by atoms with Crippen molar-refractivity contribution in [1.82, 2.24) is 4.90 Å². The van der Waals surface area contributed by atoms with Crippen LogP contribution in [-0.2, 0) is 14.6 Å². The number of rotatable bonds is 4. The number of hydrogen-bond donors (Lipinski definition) is 0. The van der Waals surface area contributed by atoms with Gasteiger partial charge in [-0.05, 0) is 18.1 Å². The van der Waals surface area contributed by atoms with Gasteiger partial charge in [-0.1, -0.05) is 19.9 Å². The number of benzene rings is 1. The summed E-state index contributed by atoms with van der Waals surface area (Å²) in [6.07, 6.45) is 0. The van der Waals surface area contributed by atoms with Gasteiger partial charge in [-0.3, -0.25) is 9.69 Å². The van der Waals surface area contributed by atoms with Crippen molar-refractivity contribution in [2.75, 3.05) is 36.6 Å². The topological polar surface area (TPSA) is 66.9 Å². The number of sulfone groups is 1. The number of ether oxygens (including phenoxy) is 1. The van der Waals surface area contributed by atoms with Crippen molar-refractivity contribution in [3.05, 3.63) is 24.3 Å². The van der Waals surface area contributed by atoms with Gasteiger partial charge in [-0.25, -0.2) is 8.42 Å². The first-order valence-electron chi connectivity index (χ1n) is 8.21. The Morgan fingerprint density at radius 3 is 2.62 bits per heavy atom. The lowest BCUT2D eigenvalue weighted by atomic mass is 10.0. The minimum absolute atomic E-state index is 0.0230. The number of piperazine rings is 1. The van der Waals surface area contributed by atoms with E-state index in [0.717, 1.165) is 6.54 Å². The summed E-state index contributed by atoms with van der Waals surface area (Å²) in [5, 5.41) is 0. The highest BCUT2D eigenvalue weighted by Gasteiger charge is 2.49. The molecule has 0 aliphatic carbocycles. The van der Waals surface area contributed by atoms with E-state index in [9.17, 15) is 13.2 Å². The summed E-state index contributed by atoms with van der Waals surface area (Å²) < 4.78 is 29.7. The van der Waals surface area contributed by atoms with Gasteiger partial charge in [0.05, 0.1) is 31.2 Å². The number of hydrogen-bond acceptors (Lipinski definition) is 5. The predicted octanol–water partition coefficient (Wildman–Crippen LogP) is 1.17. The van der Waals surface area contributed by atoms with Gasteiger partial charge in [0.2, 0.25) is 5.91 Å². The standard InChI is InChI=1S/C17H24N2O4S/c1-12(2)8-18-9-17(20)19(13-5-4-6-14(7-13)23-3)16-11-24(21,22)10-15(16)18/h4-7,12,15-16H,8-11H2,1-3H3. The maximum absolute atomic E-state index is 12.8. The van der Waals surface area contributed by atoms with E-state index in [0.29, 0.717) is 17.4 Å². The summed E-state index contributed by atoms with van der Waals surface area (Å²) in [7, 11) is -1.57. The van der Waals surface area contributed by atoms with Crippen molar-refractivity contribution >= 4 is 21.4 Å². The molecule has 2 aliphatic rings. The molecule has 0 radical (unpaired) electrons. The Bertz CT molecular complexity index is 732. The molecule has 7 heteroatoms. The maximum Gasteiger partial charge on any atom is 0.241 e. The zero-order valence-electron chi connectivity index (χ0n) is 14.3. The Kier molecular flexibility index (Phi) is 4.57. The molecule has 0 saturated carbocycles. The van der Waals surface area contributed by atoms with Crippen molar-refractivity contribution in [2.45, 2.75) is 25.9 Å². The number of methoxy groups -OCH3 is 1. The van der Waals surface area contributed by atoms with E-state index in [1.807, 2.05) is 23.1 Å². The van der Waals surface area contributed by atoms with Gasteiger partial charge in [0, 0.05) is 24.3 Å². The Morgan fingerprint density at radius 2 is 1.96 bits per heavy atom. The molecule has 0 bridgehead atoms. The van der Waals surface area contributed by atoms with Gasteiger partial charge in [0.25, 0.3) is 0 Å². The number of amides is 1. The fraction of sp³-hybridized carbons (Fsp3) is 0.588. The second-order valence-corrected chi connectivity index (χ2v) is 9.15. The van der Waals surface area contributed by atoms with Gasteiger partial charge in [0.1, 0.15) is 5.75 Å². The average molecular weight is 352 g/mol. The molecule has 2 unspecified atom stereocenters. The first-order valence-corrected chi connectivity index (χ1v) is 10.0. The summed E-state index contributed by atoms with van der Waals surface area (Å²) >= 11 is 0. The maximum atomic E-state index is 12.8. The fourth-order valence-electron chi connectivity index (χ4n) is 3.72. The van der Waals surface area contributed by atoms with Crippen molar-refractivity contribution in [1.29, 1.82) is 0 Å². The Labute approximate surface area is 143 Å². The zero-order valence-corrected chi connectivity index (χ0v) is 15.1. The first kappa shape index (κ1) is 17.2. The molecule has 2 saturated heterocycles. The molecule has 1 aromatic carbocycles. The molecule has 1 amide bonds. The Balaban J connectivity index is 1.97. The molecule has 6 nitrogen and oxygen atoms in total. The second-order valence-electron chi connectivity index (χ2n) is 7.00. The summed E-state index contributed by atoms with van der Waals surface area (Å²) in [6, 6.07) is 6.79. The van der Waals surface area contributed by atoms with Crippen LogP contribution in [-0.4, -0.2) is 63.0 Å². The lowest BCUT2D eigenvalue weighted by molar-refractivity contribution is -0.123. The number of fused-ring (bicyclic) bond motifs is 1. The van der Waals surface area contributed by atoms with E-state index in [1.165, 1.54) is 0 Å². The lowest BCUT2D eigenvalue weighted by Crippen LogP contribution is -2.62. The third-order valence-corrected chi connectivity index (χ3v) is 6.33. The fourth-order valence-corrected chi connectivity index (χ4v) is 5.70. The van der Waals surface area contributed by atoms with Crippen molar-refractivity contribution in [3.63, 3.8) is 0 Å². The van der Waals surface area contributed by atoms with Crippen LogP contribution in [0.25, 0.3) is 0 Å². The van der Waals surface area contributed by atoms with E-state index in [-0.39, 0.29) is 36.0 Å². The molecule has 2 heterocycles. The van der Waals surface area contributed by atoms with E-state index < -0.39 is 9.84 Å². The molecule has 0 aromatic heterocycles.